The molecule has 6 heteroatoms. The van der Waals surface area contributed by atoms with E-state index in [0.29, 0.717) is 17.1 Å². The molecule has 6 N–H and O–H groups in total. The van der Waals surface area contributed by atoms with Crippen molar-refractivity contribution in [3.05, 3.63) is 48.2 Å². The topological polar surface area (TPSA) is 95.3 Å². The van der Waals surface area contributed by atoms with Gasteiger partial charge in [0.1, 0.15) is 11.4 Å². The summed E-state index contributed by atoms with van der Waals surface area (Å²) in [6.45, 7) is 0. The van der Waals surface area contributed by atoms with Crippen LogP contribution in [0.15, 0.2) is 42.6 Å². The van der Waals surface area contributed by atoms with Gasteiger partial charge in [0.25, 0.3) is 0 Å². The second kappa shape index (κ2) is 5.88. The van der Waals surface area contributed by atoms with E-state index < -0.39 is 5.91 Å². The van der Waals surface area contributed by atoms with Crippen LogP contribution in [0.2, 0.25) is 0 Å². The molecule has 18 heavy (non-hydrogen) atoms. The number of halogens is 1. The number of nitrogens with one attached hydrogen (secondary N) is 2. The van der Waals surface area contributed by atoms with Crippen molar-refractivity contribution in [1.82, 2.24) is 0 Å². The van der Waals surface area contributed by atoms with Crippen molar-refractivity contribution in [1.29, 1.82) is 0 Å². The number of pyridine rings is 1. The van der Waals surface area contributed by atoms with E-state index in [1.807, 2.05) is 6.07 Å². The van der Waals surface area contributed by atoms with Gasteiger partial charge in [-0.25, -0.2) is 10.3 Å². The fourth-order valence-corrected chi connectivity index (χ4v) is 1.42. The lowest BCUT2D eigenvalue weighted by atomic mass is 10.2. The number of hydrogen-bond acceptors (Lipinski definition) is 3. The van der Waals surface area contributed by atoms with Crippen molar-refractivity contribution < 1.29 is 22.2 Å². The molecule has 0 spiro atoms. The minimum Gasteiger partial charge on any atom is -1.00 e. The number of hydrogen-bond donors (Lipinski definition) is 3. The van der Waals surface area contributed by atoms with Crippen LogP contribution in [-0.2, 0) is 0 Å². The van der Waals surface area contributed by atoms with Crippen molar-refractivity contribution in [3.8, 4) is 0 Å². The van der Waals surface area contributed by atoms with E-state index in [1.54, 1.807) is 36.5 Å². The fraction of sp³-hybridized carbons (Fsp3) is 0. The Morgan fingerprint density at radius 3 is 2.39 bits per heavy atom. The summed E-state index contributed by atoms with van der Waals surface area (Å²) in [7, 11) is 0. The number of benzene rings is 1. The van der Waals surface area contributed by atoms with E-state index >= 15 is 0 Å². The number of aromatic amines is 1. The number of carbonyl (C=O) groups is 1. The maximum Gasteiger partial charge on any atom is 0.300 e. The molecule has 0 fully saturated rings. The van der Waals surface area contributed by atoms with Crippen LogP contribution in [0.25, 0.3) is 0 Å². The summed E-state index contributed by atoms with van der Waals surface area (Å²) in [5.74, 6) is 0.265. The number of nitrogen functional groups attached to an aromatic ring is 1. The highest BCUT2D eigenvalue weighted by molar-refractivity contribution is 5.93. The Hall–Kier alpha value is -2.27. The summed E-state index contributed by atoms with van der Waals surface area (Å²) in [6, 6.07) is 10.4. The van der Waals surface area contributed by atoms with Gasteiger partial charge in [-0.2, -0.15) is 0 Å². The standard InChI is InChI=1S/C12H12N4O.ClH/c13-10-2-1-7-15-12(10)16-9-5-3-8(4-6-9)11(14)17;/h1-7H,13H2,(H2,14,17)(H,15,16);1H. The molecule has 1 aromatic heterocycles. The Bertz CT molecular complexity index is 542. The maximum atomic E-state index is 10.9. The number of H-pyrrole nitrogens is 1. The monoisotopic (exact) mass is 264 g/mol. The number of anilines is 3. The minimum absolute atomic E-state index is 0. The normalized spacial score (nSPS) is 9.33. The molecule has 0 aliphatic rings. The molecule has 0 saturated heterocycles. The molecule has 94 valence electrons. The molecule has 2 rings (SSSR count). The SMILES string of the molecule is NC(=O)c1ccc(Nc2[nH+]cccc2N)cc1.[Cl-]. The Morgan fingerprint density at radius 1 is 1.17 bits per heavy atom. The molecule has 0 saturated carbocycles. The quantitative estimate of drug-likeness (QED) is 0.594. The summed E-state index contributed by atoms with van der Waals surface area (Å²) < 4.78 is 0. The lowest BCUT2D eigenvalue weighted by molar-refractivity contribution is -0.359. The molecule has 5 nitrogen and oxygen atoms in total. The zero-order valence-corrected chi connectivity index (χ0v) is 10.2. The lowest BCUT2D eigenvalue weighted by Crippen LogP contribution is -3.00. The van der Waals surface area contributed by atoms with Gasteiger partial charge >= 0.3 is 5.82 Å². The van der Waals surface area contributed by atoms with Crippen molar-refractivity contribution in [2.45, 2.75) is 0 Å². The largest absolute Gasteiger partial charge is 1.00 e. The van der Waals surface area contributed by atoms with Gasteiger partial charge in [-0.15, -0.1) is 0 Å². The number of rotatable bonds is 3. The first kappa shape index (κ1) is 13.8. The summed E-state index contributed by atoms with van der Waals surface area (Å²) in [5, 5.41) is 3.11. The summed E-state index contributed by atoms with van der Waals surface area (Å²) in [6.07, 6.45) is 1.77. The smallest absolute Gasteiger partial charge is 0.300 e. The van der Waals surface area contributed by atoms with E-state index in [0.717, 1.165) is 5.69 Å². The minimum atomic E-state index is -0.442. The van der Waals surface area contributed by atoms with Crippen LogP contribution >= 0.6 is 0 Å². The first-order valence-corrected chi connectivity index (χ1v) is 5.10. The highest BCUT2D eigenvalue weighted by Gasteiger charge is 2.07. The lowest BCUT2D eigenvalue weighted by Gasteiger charge is -2.01. The second-order valence-electron chi connectivity index (χ2n) is 3.57. The first-order chi connectivity index (χ1) is 8.16. The Labute approximate surface area is 111 Å². The Kier molecular flexibility index (Phi) is 4.51. The molecule has 1 heterocycles. The van der Waals surface area contributed by atoms with E-state index in [-0.39, 0.29) is 12.4 Å². The van der Waals surface area contributed by atoms with Crippen LogP contribution in [0.5, 0.6) is 0 Å². The van der Waals surface area contributed by atoms with Gasteiger partial charge in [-0.3, -0.25) is 4.79 Å². The number of aromatic nitrogens is 1. The number of amides is 1. The maximum absolute atomic E-state index is 10.9. The van der Waals surface area contributed by atoms with E-state index in [1.165, 1.54) is 0 Å². The van der Waals surface area contributed by atoms with Crippen LogP contribution in [-0.4, -0.2) is 5.91 Å². The fourth-order valence-electron chi connectivity index (χ4n) is 1.42. The molecular weight excluding hydrogens is 252 g/mol. The Balaban J connectivity index is 0.00000162. The van der Waals surface area contributed by atoms with Gasteiger partial charge in [0.05, 0.1) is 6.20 Å². The molecule has 1 aromatic carbocycles. The van der Waals surface area contributed by atoms with Crippen LogP contribution in [0, 0.1) is 0 Å². The number of primary amides is 1. The molecular formula is C12H13ClN4O. The van der Waals surface area contributed by atoms with Gasteiger partial charge in [0, 0.05) is 5.56 Å². The van der Waals surface area contributed by atoms with Crippen LogP contribution in [0.3, 0.4) is 0 Å². The zero-order valence-electron chi connectivity index (χ0n) is 9.48. The van der Waals surface area contributed by atoms with E-state index in [9.17, 15) is 4.79 Å². The third-order valence-electron chi connectivity index (χ3n) is 2.33. The molecule has 1 amide bonds. The average Bonchev–Trinajstić information content (AvgIpc) is 2.33. The van der Waals surface area contributed by atoms with Crippen molar-refractivity contribution in [3.63, 3.8) is 0 Å². The third-order valence-corrected chi connectivity index (χ3v) is 2.33. The van der Waals surface area contributed by atoms with Crippen molar-refractivity contribution in [2.75, 3.05) is 11.1 Å². The summed E-state index contributed by atoms with van der Waals surface area (Å²) in [4.78, 5) is 13.9. The Morgan fingerprint density at radius 2 is 1.83 bits per heavy atom. The van der Waals surface area contributed by atoms with Gasteiger partial charge in [-0.05, 0) is 36.4 Å². The highest BCUT2D eigenvalue weighted by Crippen LogP contribution is 2.17. The summed E-state index contributed by atoms with van der Waals surface area (Å²) >= 11 is 0. The highest BCUT2D eigenvalue weighted by atomic mass is 35.5. The van der Waals surface area contributed by atoms with Gasteiger partial charge in [0.15, 0.2) is 0 Å². The predicted octanol–water partition coefficient (Wildman–Crippen LogP) is -2.07. The predicted molar refractivity (Wildman–Crippen MR) is 65.7 cm³/mol. The summed E-state index contributed by atoms with van der Waals surface area (Å²) in [5.41, 5.74) is 12.8. The average molecular weight is 265 g/mol. The third kappa shape index (κ3) is 3.11. The van der Waals surface area contributed by atoms with E-state index in [2.05, 4.69) is 10.3 Å². The first-order valence-electron chi connectivity index (χ1n) is 5.10. The molecule has 0 aliphatic heterocycles. The van der Waals surface area contributed by atoms with Crippen molar-refractivity contribution >= 4 is 23.1 Å². The molecule has 0 atom stereocenters. The van der Waals surface area contributed by atoms with Crippen LogP contribution < -0.4 is 34.2 Å². The molecule has 0 aliphatic carbocycles. The second-order valence-corrected chi connectivity index (χ2v) is 3.57. The van der Waals surface area contributed by atoms with Crippen molar-refractivity contribution in [2.24, 2.45) is 5.73 Å². The molecule has 0 radical (unpaired) electrons. The van der Waals surface area contributed by atoms with Gasteiger partial charge in [-0.1, -0.05) is 0 Å². The number of nitrogens with two attached hydrogens (primary N) is 2. The number of carbonyl (C=O) groups excluding carboxylic acids is 1. The molecule has 0 bridgehead atoms. The zero-order chi connectivity index (χ0) is 12.3. The molecule has 2 aromatic rings. The van der Waals surface area contributed by atoms with Gasteiger partial charge < -0.3 is 23.9 Å². The van der Waals surface area contributed by atoms with Crippen LogP contribution in [0.4, 0.5) is 17.2 Å². The molecule has 0 unspecified atom stereocenters. The van der Waals surface area contributed by atoms with E-state index in [4.69, 9.17) is 11.5 Å². The van der Waals surface area contributed by atoms with Gasteiger partial charge in [0.2, 0.25) is 5.91 Å². The van der Waals surface area contributed by atoms with Crippen LogP contribution in [0.1, 0.15) is 10.4 Å².